The van der Waals surface area contributed by atoms with Gasteiger partial charge in [-0.15, -0.1) is 0 Å². The van der Waals surface area contributed by atoms with E-state index >= 15 is 0 Å². The predicted octanol–water partition coefficient (Wildman–Crippen LogP) is 1.28. The van der Waals surface area contributed by atoms with Crippen LogP contribution < -0.4 is 10.6 Å². The number of H-pyrrole nitrogens is 1. The van der Waals surface area contributed by atoms with E-state index in [0.717, 1.165) is 25.7 Å². The van der Waals surface area contributed by atoms with Crippen molar-refractivity contribution in [2.45, 2.75) is 51.1 Å². The SMILES string of the molecule is CC1CCC(NC(=O)NC(Cc2cnc[nH]2)C(=O)O)CC1. The molecule has 1 aliphatic rings. The van der Waals surface area contributed by atoms with Gasteiger partial charge in [0.05, 0.1) is 6.33 Å². The molecule has 1 heterocycles. The highest BCUT2D eigenvalue weighted by atomic mass is 16.4. The second kappa shape index (κ2) is 7.10. The van der Waals surface area contributed by atoms with Gasteiger partial charge in [0.25, 0.3) is 0 Å². The van der Waals surface area contributed by atoms with E-state index in [1.54, 1.807) is 6.20 Å². The second-order valence-electron chi connectivity index (χ2n) is 5.75. The summed E-state index contributed by atoms with van der Waals surface area (Å²) in [6.07, 6.45) is 7.32. The van der Waals surface area contributed by atoms with Crippen molar-refractivity contribution in [2.24, 2.45) is 5.92 Å². The van der Waals surface area contributed by atoms with E-state index in [4.69, 9.17) is 0 Å². The summed E-state index contributed by atoms with van der Waals surface area (Å²) in [7, 11) is 0. The molecule has 0 saturated heterocycles. The van der Waals surface area contributed by atoms with Crippen LogP contribution in [0, 0.1) is 5.92 Å². The minimum absolute atomic E-state index is 0.141. The summed E-state index contributed by atoms with van der Waals surface area (Å²) in [5, 5.41) is 14.6. The van der Waals surface area contributed by atoms with Gasteiger partial charge < -0.3 is 20.7 Å². The molecule has 4 N–H and O–H groups in total. The molecule has 116 valence electrons. The molecule has 7 heteroatoms. The third-order valence-corrected chi connectivity index (χ3v) is 3.93. The zero-order valence-corrected chi connectivity index (χ0v) is 12.1. The summed E-state index contributed by atoms with van der Waals surface area (Å²) in [6.45, 7) is 2.21. The van der Waals surface area contributed by atoms with Gasteiger partial charge in [-0.2, -0.15) is 0 Å². The van der Waals surface area contributed by atoms with Crippen molar-refractivity contribution in [3.63, 3.8) is 0 Å². The van der Waals surface area contributed by atoms with E-state index in [-0.39, 0.29) is 12.5 Å². The summed E-state index contributed by atoms with van der Waals surface area (Å²) in [5.74, 6) is -0.352. The molecular weight excluding hydrogens is 272 g/mol. The average Bonchev–Trinajstić information content (AvgIpc) is 2.93. The fraction of sp³-hybridized carbons (Fsp3) is 0.643. The predicted molar refractivity (Wildman–Crippen MR) is 76.8 cm³/mol. The number of imidazole rings is 1. The third kappa shape index (κ3) is 4.77. The van der Waals surface area contributed by atoms with Crippen LogP contribution in [0.1, 0.15) is 38.3 Å². The number of hydrogen-bond acceptors (Lipinski definition) is 3. The Morgan fingerprint density at radius 1 is 1.43 bits per heavy atom. The van der Waals surface area contributed by atoms with Crippen molar-refractivity contribution < 1.29 is 14.7 Å². The third-order valence-electron chi connectivity index (χ3n) is 3.93. The van der Waals surface area contributed by atoms with Crippen LogP contribution in [0.2, 0.25) is 0 Å². The van der Waals surface area contributed by atoms with Gasteiger partial charge in [0.1, 0.15) is 6.04 Å². The quantitative estimate of drug-likeness (QED) is 0.656. The first kappa shape index (κ1) is 15.3. The van der Waals surface area contributed by atoms with Crippen LogP contribution in [0.4, 0.5) is 4.79 Å². The first-order valence-electron chi connectivity index (χ1n) is 7.31. The molecule has 0 aliphatic heterocycles. The van der Waals surface area contributed by atoms with Gasteiger partial charge >= 0.3 is 12.0 Å². The second-order valence-corrected chi connectivity index (χ2v) is 5.75. The number of urea groups is 1. The van der Waals surface area contributed by atoms with E-state index in [0.29, 0.717) is 11.6 Å². The van der Waals surface area contributed by atoms with Crippen molar-refractivity contribution in [3.05, 3.63) is 18.2 Å². The highest BCUT2D eigenvalue weighted by Crippen LogP contribution is 2.23. The lowest BCUT2D eigenvalue weighted by Crippen LogP contribution is -2.50. The van der Waals surface area contributed by atoms with Gasteiger partial charge in [-0.05, 0) is 31.6 Å². The Morgan fingerprint density at radius 2 is 2.14 bits per heavy atom. The lowest BCUT2D eigenvalue weighted by molar-refractivity contribution is -0.139. The number of rotatable bonds is 5. The van der Waals surface area contributed by atoms with Gasteiger partial charge in [0.2, 0.25) is 0 Å². The van der Waals surface area contributed by atoms with Gasteiger partial charge in [0, 0.05) is 24.4 Å². The molecule has 1 atom stereocenters. The number of carboxylic acids is 1. The number of nitrogens with one attached hydrogen (secondary N) is 3. The summed E-state index contributed by atoms with van der Waals surface area (Å²) in [4.78, 5) is 29.8. The largest absolute Gasteiger partial charge is 0.480 e. The molecule has 0 radical (unpaired) electrons. The molecule has 1 unspecified atom stereocenters. The van der Waals surface area contributed by atoms with Crippen molar-refractivity contribution in [3.8, 4) is 0 Å². The number of carbonyl (C=O) groups excluding carboxylic acids is 1. The summed E-state index contributed by atoms with van der Waals surface area (Å²) < 4.78 is 0. The van der Waals surface area contributed by atoms with Crippen molar-refractivity contribution in [2.75, 3.05) is 0 Å². The first-order valence-corrected chi connectivity index (χ1v) is 7.31. The zero-order valence-electron chi connectivity index (χ0n) is 12.1. The number of aliphatic carboxylic acids is 1. The Bertz CT molecular complexity index is 467. The Balaban J connectivity index is 1.82. The number of aromatic nitrogens is 2. The Labute approximate surface area is 123 Å². The van der Waals surface area contributed by atoms with Crippen LogP contribution in [0.5, 0.6) is 0 Å². The maximum atomic E-state index is 11.9. The van der Waals surface area contributed by atoms with Crippen LogP contribution in [-0.4, -0.2) is 39.2 Å². The fourth-order valence-corrected chi connectivity index (χ4v) is 2.61. The molecule has 2 amide bonds. The van der Waals surface area contributed by atoms with Gasteiger partial charge in [-0.3, -0.25) is 0 Å². The summed E-state index contributed by atoms with van der Waals surface area (Å²) in [6, 6.07) is -1.24. The average molecular weight is 294 g/mol. The molecule has 21 heavy (non-hydrogen) atoms. The smallest absolute Gasteiger partial charge is 0.326 e. The number of amides is 2. The molecule has 0 spiro atoms. The van der Waals surface area contributed by atoms with E-state index in [9.17, 15) is 14.7 Å². The van der Waals surface area contributed by atoms with Crippen molar-refractivity contribution >= 4 is 12.0 Å². The molecule has 0 aromatic carbocycles. The van der Waals surface area contributed by atoms with Crippen LogP contribution in [-0.2, 0) is 11.2 Å². The number of nitrogens with zero attached hydrogens (tertiary/aromatic N) is 1. The number of hydrogen-bond donors (Lipinski definition) is 4. The molecule has 1 aromatic rings. The molecule has 1 fully saturated rings. The van der Waals surface area contributed by atoms with Crippen molar-refractivity contribution in [1.29, 1.82) is 0 Å². The van der Waals surface area contributed by atoms with Crippen molar-refractivity contribution in [1.82, 2.24) is 20.6 Å². The van der Waals surface area contributed by atoms with Crippen LogP contribution >= 0.6 is 0 Å². The number of carboxylic acid groups (broad SMARTS) is 1. The lowest BCUT2D eigenvalue weighted by Gasteiger charge is -2.27. The molecule has 2 rings (SSSR count). The number of carbonyl (C=O) groups is 2. The lowest BCUT2D eigenvalue weighted by atomic mass is 9.87. The molecule has 1 saturated carbocycles. The maximum Gasteiger partial charge on any atom is 0.326 e. The van der Waals surface area contributed by atoms with Gasteiger partial charge in [-0.25, -0.2) is 14.6 Å². The minimum atomic E-state index is -1.06. The summed E-state index contributed by atoms with van der Waals surface area (Å²) >= 11 is 0. The normalized spacial score (nSPS) is 23.3. The zero-order chi connectivity index (χ0) is 15.2. The highest BCUT2D eigenvalue weighted by Gasteiger charge is 2.24. The molecular formula is C14H22N4O3. The van der Waals surface area contributed by atoms with Gasteiger partial charge in [-0.1, -0.05) is 6.92 Å². The molecule has 1 aliphatic carbocycles. The van der Waals surface area contributed by atoms with Crippen LogP contribution in [0.25, 0.3) is 0 Å². The number of aromatic amines is 1. The Kier molecular flexibility index (Phi) is 5.19. The summed E-state index contributed by atoms with van der Waals surface area (Å²) in [5.41, 5.74) is 0.675. The minimum Gasteiger partial charge on any atom is -0.480 e. The van der Waals surface area contributed by atoms with E-state index < -0.39 is 18.0 Å². The van der Waals surface area contributed by atoms with Crippen LogP contribution in [0.3, 0.4) is 0 Å². The van der Waals surface area contributed by atoms with E-state index in [1.807, 2.05) is 0 Å². The monoisotopic (exact) mass is 294 g/mol. The maximum absolute atomic E-state index is 11.9. The topological polar surface area (TPSA) is 107 Å². The Morgan fingerprint density at radius 3 is 2.71 bits per heavy atom. The standard InChI is InChI=1S/C14H22N4O3/c1-9-2-4-10(5-3-9)17-14(21)18-12(13(19)20)6-11-7-15-8-16-11/h7-10,12H,2-6H2,1H3,(H,15,16)(H,19,20)(H2,17,18,21). The van der Waals surface area contributed by atoms with Gasteiger partial charge in [0.15, 0.2) is 0 Å². The molecule has 0 bridgehead atoms. The Hall–Kier alpha value is -2.05. The van der Waals surface area contributed by atoms with E-state index in [1.165, 1.54) is 6.33 Å². The fourth-order valence-electron chi connectivity index (χ4n) is 2.61. The molecule has 1 aromatic heterocycles. The van der Waals surface area contributed by atoms with E-state index in [2.05, 4.69) is 27.5 Å². The first-order chi connectivity index (χ1) is 10.0. The highest BCUT2D eigenvalue weighted by molar-refractivity contribution is 5.82. The molecule has 7 nitrogen and oxygen atoms in total. The van der Waals surface area contributed by atoms with Crippen LogP contribution in [0.15, 0.2) is 12.5 Å².